The van der Waals surface area contributed by atoms with Gasteiger partial charge in [0.1, 0.15) is 12.4 Å². The minimum atomic E-state index is -0.408. The van der Waals surface area contributed by atoms with Crippen LogP contribution < -0.4 is 0 Å². The summed E-state index contributed by atoms with van der Waals surface area (Å²) in [6, 6.07) is 17.6. The Morgan fingerprint density at radius 3 is 2.60 bits per heavy atom. The van der Waals surface area contributed by atoms with Gasteiger partial charge in [-0.3, -0.25) is 0 Å². The molecule has 1 aliphatic rings. The highest BCUT2D eigenvalue weighted by Gasteiger charge is 2.33. The topological polar surface area (TPSA) is 53.3 Å². The van der Waals surface area contributed by atoms with Gasteiger partial charge in [-0.2, -0.15) is 5.26 Å². The molecule has 0 spiro atoms. The summed E-state index contributed by atoms with van der Waals surface area (Å²) in [4.78, 5) is 14.2. The van der Waals surface area contributed by atoms with Crippen LogP contribution in [0.3, 0.4) is 0 Å². The predicted octanol–water partition coefficient (Wildman–Crippen LogP) is 4.44. The van der Waals surface area contributed by atoms with Crippen molar-refractivity contribution in [1.29, 1.82) is 5.26 Å². The largest absolute Gasteiger partial charge is 0.445 e. The Labute approximate surface area is 146 Å². The normalized spacial score (nSPS) is 19.9. The van der Waals surface area contributed by atoms with E-state index in [2.05, 4.69) is 6.07 Å². The van der Waals surface area contributed by atoms with Gasteiger partial charge in [0.25, 0.3) is 0 Å². The molecule has 0 bridgehead atoms. The van der Waals surface area contributed by atoms with Crippen molar-refractivity contribution in [2.75, 3.05) is 6.54 Å². The van der Waals surface area contributed by atoms with Crippen molar-refractivity contribution in [2.24, 2.45) is 5.92 Å². The summed E-state index contributed by atoms with van der Waals surface area (Å²) in [6.45, 7) is 0.655. The Bertz CT molecular complexity index is 756. The maximum atomic E-state index is 13.2. The number of ether oxygens (including phenoxy) is 1. The quantitative estimate of drug-likeness (QED) is 0.831. The highest BCUT2D eigenvalue weighted by Crippen LogP contribution is 2.34. The second-order valence-corrected chi connectivity index (χ2v) is 6.15. The van der Waals surface area contributed by atoms with Gasteiger partial charge in [0.2, 0.25) is 0 Å². The van der Waals surface area contributed by atoms with E-state index in [0.717, 1.165) is 11.1 Å². The molecule has 0 aliphatic carbocycles. The standard InChI is InChI=1S/C20H19FN2O2/c21-18-8-6-17(7-9-18)19-12-16(13-22)10-11-23(19)20(24)25-14-15-4-2-1-3-5-15/h1-9,16,19H,10-12,14H2. The van der Waals surface area contributed by atoms with Crippen LogP contribution in [0.25, 0.3) is 0 Å². The maximum Gasteiger partial charge on any atom is 0.410 e. The third-order valence-corrected chi connectivity index (χ3v) is 4.48. The molecule has 0 aromatic heterocycles. The van der Waals surface area contributed by atoms with Crippen molar-refractivity contribution in [3.05, 3.63) is 71.5 Å². The van der Waals surface area contributed by atoms with Crippen LogP contribution in [0.2, 0.25) is 0 Å². The lowest BCUT2D eigenvalue weighted by Crippen LogP contribution is -2.41. The summed E-state index contributed by atoms with van der Waals surface area (Å²) < 4.78 is 18.6. The van der Waals surface area contributed by atoms with Crippen molar-refractivity contribution in [3.8, 4) is 6.07 Å². The SMILES string of the molecule is N#CC1CCN(C(=O)OCc2ccccc2)C(c2ccc(F)cc2)C1. The van der Waals surface area contributed by atoms with Crippen molar-refractivity contribution in [3.63, 3.8) is 0 Å². The van der Waals surface area contributed by atoms with Crippen LogP contribution in [0.5, 0.6) is 0 Å². The van der Waals surface area contributed by atoms with Crippen molar-refractivity contribution in [1.82, 2.24) is 4.90 Å². The molecule has 128 valence electrons. The summed E-state index contributed by atoms with van der Waals surface area (Å²) in [7, 11) is 0. The van der Waals surface area contributed by atoms with E-state index in [1.807, 2.05) is 30.3 Å². The van der Waals surface area contributed by atoms with Crippen LogP contribution in [0.1, 0.15) is 30.0 Å². The number of carbonyl (C=O) groups is 1. The molecule has 2 atom stereocenters. The lowest BCUT2D eigenvalue weighted by molar-refractivity contribution is 0.0620. The molecule has 4 nitrogen and oxygen atoms in total. The van der Waals surface area contributed by atoms with Crippen molar-refractivity contribution < 1.29 is 13.9 Å². The van der Waals surface area contributed by atoms with E-state index in [9.17, 15) is 14.4 Å². The third-order valence-electron chi connectivity index (χ3n) is 4.48. The van der Waals surface area contributed by atoms with Gasteiger partial charge in [0.05, 0.1) is 18.0 Å². The number of piperidine rings is 1. The summed E-state index contributed by atoms with van der Waals surface area (Å²) in [6.07, 6.45) is 0.742. The van der Waals surface area contributed by atoms with Crippen molar-refractivity contribution >= 4 is 6.09 Å². The fourth-order valence-corrected chi connectivity index (χ4v) is 3.10. The van der Waals surface area contributed by atoms with E-state index in [4.69, 9.17) is 4.74 Å². The number of nitrogens with zero attached hydrogens (tertiary/aromatic N) is 2. The molecule has 3 rings (SSSR count). The molecule has 1 heterocycles. The Hall–Kier alpha value is -2.87. The second-order valence-electron chi connectivity index (χ2n) is 6.15. The molecule has 1 saturated heterocycles. The molecule has 1 aliphatic heterocycles. The lowest BCUT2D eigenvalue weighted by atomic mass is 9.88. The minimum Gasteiger partial charge on any atom is -0.445 e. The van der Waals surface area contributed by atoms with Crippen LogP contribution in [0, 0.1) is 23.1 Å². The van der Waals surface area contributed by atoms with Gasteiger partial charge in [-0.1, -0.05) is 42.5 Å². The molecule has 2 aromatic rings. The zero-order valence-corrected chi connectivity index (χ0v) is 13.8. The summed E-state index contributed by atoms with van der Waals surface area (Å²) in [5.41, 5.74) is 1.74. The molecule has 2 unspecified atom stereocenters. The van der Waals surface area contributed by atoms with E-state index in [-0.39, 0.29) is 24.4 Å². The van der Waals surface area contributed by atoms with E-state index >= 15 is 0 Å². The summed E-state index contributed by atoms with van der Waals surface area (Å²) >= 11 is 0. The van der Waals surface area contributed by atoms with Crippen LogP contribution in [-0.4, -0.2) is 17.5 Å². The number of benzene rings is 2. The monoisotopic (exact) mass is 338 g/mol. The Morgan fingerprint density at radius 2 is 1.92 bits per heavy atom. The van der Waals surface area contributed by atoms with Gasteiger partial charge in [0, 0.05) is 6.54 Å². The Balaban J connectivity index is 1.73. The third kappa shape index (κ3) is 4.16. The highest BCUT2D eigenvalue weighted by molar-refractivity contribution is 5.68. The number of nitriles is 1. The molecule has 1 fully saturated rings. The number of rotatable bonds is 3. The fraction of sp³-hybridized carbons (Fsp3) is 0.300. The summed E-state index contributed by atoms with van der Waals surface area (Å²) in [5.74, 6) is -0.442. The van der Waals surface area contributed by atoms with Crippen molar-refractivity contribution in [2.45, 2.75) is 25.5 Å². The van der Waals surface area contributed by atoms with Crippen LogP contribution in [0.15, 0.2) is 54.6 Å². The second kappa shape index (κ2) is 7.80. The summed E-state index contributed by atoms with van der Waals surface area (Å²) in [5, 5.41) is 9.23. The number of carbonyl (C=O) groups excluding carboxylic acids is 1. The predicted molar refractivity (Wildman–Crippen MR) is 90.8 cm³/mol. The van der Waals surface area contributed by atoms with Crippen LogP contribution in [-0.2, 0) is 11.3 Å². The van der Waals surface area contributed by atoms with Gasteiger partial charge in [-0.25, -0.2) is 9.18 Å². The first kappa shape index (κ1) is 17.0. The number of halogens is 1. The smallest absolute Gasteiger partial charge is 0.410 e. The average molecular weight is 338 g/mol. The number of hydrogen-bond donors (Lipinski definition) is 0. The number of amides is 1. The molecule has 0 saturated carbocycles. The van der Waals surface area contributed by atoms with Gasteiger partial charge in [-0.05, 0) is 36.1 Å². The zero-order valence-electron chi connectivity index (χ0n) is 13.8. The zero-order chi connectivity index (χ0) is 17.6. The highest BCUT2D eigenvalue weighted by atomic mass is 19.1. The van der Waals surface area contributed by atoms with Gasteiger partial charge in [-0.15, -0.1) is 0 Å². The van der Waals surface area contributed by atoms with E-state index < -0.39 is 6.09 Å². The molecular formula is C20H19FN2O2. The lowest BCUT2D eigenvalue weighted by Gasteiger charge is -2.37. The first-order valence-electron chi connectivity index (χ1n) is 8.30. The molecular weight excluding hydrogens is 319 g/mol. The molecule has 0 radical (unpaired) electrons. The molecule has 1 amide bonds. The first-order chi connectivity index (χ1) is 12.2. The minimum absolute atomic E-state index is 0.117. The van der Waals surface area contributed by atoms with E-state index in [1.165, 1.54) is 12.1 Å². The van der Waals surface area contributed by atoms with Gasteiger partial charge < -0.3 is 9.64 Å². The number of hydrogen-bond acceptors (Lipinski definition) is 3. The number of likely N-dealkylation sites (tertiary alicyclic amines) is 1. The Morgan fingerprint density at radius 1 is 1.20 bits per heavy atom. The van der Waals surface area contributed by atoms with Crippen LogP contribution >= 0.6 is 0 Å². The Kier molecular flexibility index (Phi) is 5.30. The van der Waals surface area contributed by atoms with Crippen LogP contribution in [0.4, 0.5) is 9.18 Å². The average Bonchev–Trinajstić information content (AvgIpc) is 2.67. The maximum absolute atomic E-state index is 13.2. The molecule has 0 N–H and O–H groups in total. The fourth-order valence-electron chi connectivity index (χ4n) is 3.10. The molecule has 25 heavy (non-hydrogen) atoms. The van der Waals surface area contributed by atoms with Gasteiger partial charge in [0.15, 0.2) is 0 Å². The first-order valence-corrected chi connectivity index (χ1v) is 8.30. The molecule has 5 heteroatoms. The molecule has 2 aromatic carbocycles. The van der Waals surface area contributed by atoms with E-state index in [0.29, 0.717) is 19.4 Å². The van der Waals surface area contributed by atoms with E-state index in [1.54, 1.807) is 17.0 Å². The van der Waals surface area contributed by atoms with Gasteiger partial charge >= 0.3 is 6.09 Å².